The van der Waals surface area contributed by atoms with Crippen LogP contribution in [-0.4, -0.2) is 58.5 Å². The third kappa shape index (κ3) is 3.79. The third-order valence-corrected chi connectivity index (χ3v) is 7.17. The number of fused-ring (bicyclic) bond motifs is 3. The standard InChI is InChI=1S/C28H28N6O2/c1-32-25-11-12-33(28(35)36-18-19-7-3-2-4-8-19)17-23(25)26(14-29)34-27(32)22(16-31-34)21-13-20-9-5-6-10-24(20)30-15-21/h2-10,13,15-16,25H,11-12,14,17-18,29H2,1H3. The molecule has 1 amide bonds. The summed E-state index contributed by atoms with van der Waals surface area (Å²) in [6.45, 7) is 1.68. The van der Waals surface area contributed by atoms with Crippen molar-refractivity contribution in [3.63, 3.8) is 0 Å². The van der Waals surface area contributed by atoms with Crippen molar-refractivity contribution in [3.05, 3.63) is 84.2 Å². The summed E-state index contributed by atoms with van der Waals surface area (Å²) in [7, 11) is 2.09. The molecule has 4 heterocycles. The second-order valence-corrected chi connectivity index (χ2v) is 9.26. The van der Waals surface area contributed by atoms with Gasteiger partial charge in [0.15, 0.2) is 0 Å². The van der Waals surface area contributed by atoms with E-state index in [1.54, 1.807) is 4.90 Å². The van der Waals surface area contributed by atoms with Gasteiger partial charge in [0.2, 0.25) is 0 Å². The molecule has 6 rings (SSSR count). The van der Waals surface area contributed by atoms with E-state index in [0.29, 0.717) is 19.6 Å². The summed E-state index contributed by atoms with van der Waals surface area (Å²) in [6.07, 6.45) is 4.27. The quantitative estimate of drug-likeness (QED) is 0.473. The third-order valence-electron chi connectivity index (χ3n) is 7.17. The minimum atomic E-state index is -0.307. The van der Waals surface area contributed by atoms with Crippen LogP contribution in [0.3, 0.4) is 0 Å². The average molecular weight is 481 g/mol. The Morgan fingerprint density at radius 2 is 1.92 bits per heavy atom. The zero-order valence-corrected chi connectivity index (χ0v) is 20.2. The highest BCUT2D eigenvalue weighted by molar-refractivity contribution is 5.88. The van der Waals surface area contributed by atoms with Gasteiger partial charge < -0.3 is 20.3 Å². The molecule has 8 heteroatoms. The topological polar surface area (TPSA) is 89.5 Å². The number of likely N-dealkylation sites (N-methyl/N-ethyl adjacent to an activating group) is 1. The van der Waals surface area contributed by atoms with E-state index in [-0.39, 0.29) is 18.7 Å². The van der Waals surface area contributed by atoms with Crippen molar-refractivity contribution in [1.29, 1.82) is 0 Å². The van der Waals surface area contributed by atoms with Gasteiger partial charge in [-0.15, -0.1) is 0 Å². The van der Waals surface area contributed by atoms with E-state index in [1.807, 2.05) is 65.6 Å². The van der Waals surface area contributed by atoms with Crippen LogP contribution in [0, 0.1) is 0 Å². The maximum absolute atomic E-state index is 12.9. The number of aromatic nitrogens is 3. The first kappa shape index (κ1) is 22.3. The second kappa shape index (κ2) is 9.13. The smallest absolute Gasteiger partial charge is 0.410 e. The molecule has 2 N–H and O–H groups in total. The summed E-state index contributed by atoms with van der Waals surface area (Å²) in [5, 5.41) is 5.82. The van der Waals surface area contributed by atoms with Gasteiger partial charge in [0.05, 0.1) is 23.5 Å². The number of likely N-dealkylation sites (tertiary alicyclic amines) is 1. The number of piperidine rings is 1. The first-order chi connectivity index (χ1) is 17.6. The number of rotatable bonds is 4. The van der Waals surface area contributed by atoms with Crippen molar-refractivity contribution in [2.24, 2.45) is 5.73 Å². The highest BCUT2D eigenvalue weighted by Gasteiger charge is 2.38. The maximum atomic E-state index is 12.9. The van der Waals surface area contributed by atoms with Crippen molar-refractivity contribution in [2.75, 3.05) is 31.6 Å². The fraction of sp³-hybridized carbons (Fsp3) is 0.250. The molecule has 1 unspecified atom stereocenters. The van der Waals surface area contributed by atoms with E-state index in [9.17, 15) is 4.79 Å². The summed E-state index contributed by atoms with van der Waals surface area (Å²) < 4.78 is 7.53. The number of pyridine rings is 1. The number of hydrogen-bond acceptors (Lipinski definition) is 6. The van der Waals surface area contributed by atoms with Gasteiger partial charge in [-0.2, -0.15) is 5.10 Å². The summed E-state index contributed by atoms with van der Waals surface area (Å²) in [4.78, 5) is 21.5. The zero-order valence-electron chi connectivity index (χ0n) is 20.2. The molecular weight excluding hydrogens is 452 g/mol. The molecule has 1 saturated heterocycles. The molecule has 8 nitrogen and oxygen atoms in total. The number of amides is 1. The van der Waals surface area contributed by atoms with E-state index in [2.05, 4.69) is 29.1 Å². The molecule has 4 aromatic rings. The normalized spacial score (nSPS) is 17.2. The molecule has 2 aliphatic rings. The van der Waals surface area contributed by atoms with Gasteiger partial charge in [-0.25, -0.2) is 9.48 Å². The molecule has 0 saturated carbocycles. The Labute approximate surface area is 209 Å². The van der Waals surface area contributed by atoms with Crippen LogP contribution in [0.15, 0.2) is 78.6 Å². The molecule has 36 heavy (non-hydrogen) atoms. The molecule has 1 fully saturated rings. The van der Waals surface area contributed by atoms with Crippen LogP contribution in [0.1, 0.15) is 12.0 Å². The van der Waals surface area contributed by atoms with Crippen LogP contribution in [-0.2, 0) is 11.3 Å². The molecule has 0 aliphatic carbocycles. The minimum absolute atomic E-state index is 0.137. The summed E-state index contributed by atoms with van der Waals surface area (Å²) in [6, 6.07) is 20.1. The zero-order chi connectivity index (χ0) is 24.6. The lowest BCUT2D eigenvalue weighted by atomic mass is 9.93. The van der Waals surface area contributed by atoms with Crippen molar-refractivity contribution < 1.29 is 9.53 Å². The van der Waals surface area contributed by atoms with E-state index in [1.165, 1.54) is 0 Å². The number of nitrogens with zero attached hydrogens (tertiary/aromatic N) is 5. The first-order valence-corrected chi connectivity index (χ1v) is 12.2. The number of benzene rings is 2. The first-order valence-electron chi connectivity index (χ1n) is 12.2. The second-order valence-electron chi connectivity index (χ2n) is 9.26. The van der Waals surface area contributed by atoms with Crippen LogP contribution < -0.4 is 10.6 Å². The fourth-order valence-corrected chi connectivity index (χ4v) is 5.32. The maximum Gasteiger partial charge on any atom is 0.410 e. The summed E-state index contributed by atoms with van der Waals surface area (Å²) in [5.74, 6) is 1.00. The molecule has 2 aliphatic heterocycles. The van der Waals surface area contributed by atoms with Crippen LogP contribution in [0.4, 0.5) is 10.6 Å². The monoisotopic (exact) mass is 480 g/mol. The SMILES string of the molecule is CN1c2c(-c3cnc4ccccc4c3)cnn2C(CN)=C2CN(C(=O)OCc3ccccc3)CCC21. The Bertz CT molecular complexity index is 1460. The number of carbonyl (C=O) groups is 1. The van der Waals surface area contributed by atoms with Crippen LogP contribution in [0.25, 0.3) is 27.7 Å². The predicted molar refractivity (Wildman–Crippen MR) is 140 cm³/mol. The number of nitrogens with two attached hydrogens (primary N) is 1. The van der Waals surface area contributed by atoms with Crippen molar-refractivity contribution in [2.45, 2.75) is 19.1 Å². The van der Waals surface area contributed by atoms with Crippen LogP contribution >= 0.6 is 0 Å². The summed E-state index contributed by atoms with van der Waals surface area (Å²) >= 11 is 0. The van der Waals surface area contributed by atoms with Crippen molar-refractivity contribution in [1.82, 2.24) is 19.7 Å². The molecule has 1 atom stereocenters. The predicted octanol–water partition coefficient (Wildman–Crippen LogP) is 4.13. The van der Waals surface area contributed by atoms with Gasteiger partial charge >= 0.3 is 6.09 Å². The average Bonchev–Trinajstić information content (AvgIpc) is 3.37. The van der Waals surface area contributed by atoms with Gasteiger partial charge in [0.25, 0.3) is 0 Å². The van der Waals surface area contributed by atoms with Gasteiger partial charge in [0, 0.05) is 49.4 Å². The highest BCUT2D eigenvalue weighted by atomic mass is 16.6. The number of para-hydroxylation sites is 1. The minimum Gasteiger partial charge on any atom is -0.445 e. The lowest BCUT2D eigenvalue weighted by Gasteiger charge is -2.43. The lowest BCUT2D eigenvalue weighted by Crippen LogP contribution is -2.51. The Morgan fingerprint density at radius 3 is 2.75 bits per heavy atom. The number of anilines is 1. The molecule has 2 aromatic heterocycles. The Hall–Kier alpha value is -4.17. The van der Waals surface area contributed by atoms with Gasteiger partial charge in [0.1, 0.15) is 12.4 Å². The lowest BCUT2D eigenvalue weighted by molar-refractivity contribution is 0.0939. The van der Waals surface area contributed by atoms with E-state index in [4.69, 9.17) is 15.6 Å². The summed E-state index contributed by atoms with van der Waals surface area (Å²) in [5.41, 5.74) is 12.3. The van der Waals surface area contributed by atoms with Crippen LogP contribution in [0.2, 0.25) is 0 Å². The van der Waals surface area contributed by atoms with Gasteiger partial charge in [-0.05, 0) is 29.7 Å². The Morgan fingerprint density at radius 1 is 1.11 bits per heavy atom. The van der Waals surface area contributed by atoms with E-state index >= 15 is 0 Å². The van der Waals surface area contributed by atoms with Crippen LogP contribution in [0.5, 0.6) is 0 Å². The largest absolute Gasteiger partial charge is 0.445 e. The molecule has 0 bridgehead atoms. The molecular formula is C28H28N6O2. The Kier molecular flexibility index (Phi) is 5.65. The number of carbonyl (C=O) groups excluding carboxylic acids is 1. The molecule has 0 radical (unpaired) electrons. The van der Waals surface area contributed by atoms with E-state index in [0.717, 1.165) is 51.1 Å². The number of ether oxygens (including phenoxy) is 1. The van der Waals surface area contributed by atoms with Crippen molar-refractivity contribution >= 4 is 28.5 Å². The fourth-order valence-electron chi connectivity index (χ4n) is 5.32. The van der Waals surface area contributed by atoms with Crippen molar-refractivity contribution in [3.8, 4) is 11.1 Å². The molecule has 182 valence electrons. The van der Waals surface area contributed by atoms with Gasteiger partial charge in [-0.1, -0.05) is 48.5 Å². The molecule has 2 aromatic carbocycles. The Balaban J connectivity index is 1.30. The number of hydrogen-bond donors (Lipinski definition) is 1. The van der Waals surface area contributed by atoms with Gasteiger partial charge in [-0.3, -0.25) is 4.98 Å². The van der Waals surface area contributed by atoms with E-state index < -0.39 is 0 Å². The highest BCUT2D eigenvalue weighted by Crippen LogP contribution is 2.41. The molecule has 0 spiro atoms.